The molecule has 0 aliphatic rings. The molecule has 0 aliphatic heterocycles. The lowest BCUT2D eigenvalue weighted by Gasteiger charge is -2.20. The van der Waals surface area contributed by atoms with E-state index in [1.54, 1.807) is 14.2 Å². The number of ether oxygens (including phenoxy) is 3. The molecule has 0 radical (unpaired) electrons. The fraction of sp³-hybridized carbons (Fsp3) is 0.478. The normalized spacial score (nSPS) is 13.2. The second kappa shape index (κ2) is 11.6. The third-order valence-electron chi connectivity index (χ3n) is 4.76. The van der Waals surface area contributed by atoms with E-state index in [1.165, 1.54) is 12.8 Å². The quantitative estimate of drug-likeness (QED) is 0.514. The van der Waals surface area contributed by atoms with Crippen LogP contribution in [0.3, 0.4) is 0 Å². The predicted molar refractivity (Wildman–Crippen MR) is 108 cm³/mol. The van der Waals surface area contributed by atoms with Gasteiger partial charge in [0.15, 0.2) is 11.5 Å². The molecule has 0 heterocycles. The Morgan fingerprint density at radius 2 is 1.74 bits per heavy atom. The van der Waals surface area contributed by atoms with Gasteiger partial charge in [0, 0.05) is 13.5 Å². The first-order valence-electron chi connectivity index (χ1n) is 9.73. The highest BCUT2D eigenvalue weighted by Gasteiger charge is 2.17. The standard InChI is InChI=1S/C23H32O4/c1-4-5-7-12-20(25-2)16-21(24)19-13-14-22(23(15-19)26-3)27-17-18-10-8-6-9-11-18/h6,8-11,13-15,20-21,24H,4-5,7,12,16-17H2,1-3H3. The zero-order chi connectivity index (χ0) is 19.5. The molecule has 0 saturated carbocycles. The maximum Gasteiger partial charge on any atom is 0.161 e. The van der Waals surface area contributed by atoms with Crippen molar-refractivity contribution in [1.29, 1.82) is 0 Å². The van der Waals surface area contributed by atoms with Crippen molar-refractivity contribution in [2.45, 2.75) is 57.8 Å². The van der Waals surface area contributed by atoms with E-state index >= 15 is 0 Å². The van der Waals surface area contributed by atoms with E-state index < -0.39 is 6.10 Å². The highest BCUT2D eigenvalue weighted by atomic mass is 16.5. The van der Waals surface area contributed by atoms with Gasteiger partial charge in [-0.05, 0) is 29.7 Å². The van der Waals surface area contributed by atoms with Gasteiger partial charge in [-0.3, -0.25) is 0 Å². The van der Waals surface area contributed by atoms with Gasteiger partial charge in [0.2, 0.25) is 0 Å². The molecule has 2 aromatic rings. The second-order valence-electron chi connectivity index (χ2n) is 6.79. The first-order chi connectivity index (χ1) is 13.2. The van der Waals surface area contributed by atoms with Gasteiger partial charge >= 0.3 is 0 Å². The number of methoxy groups -OCH3 is 2. The third kappa shape index (κ3) is 6.89. The molecule has 0 amide bonds. The van der Waals surface area contributed by atoms with Crippen molar-refractivity contribution in [2.75, 3.05) is 14.2 Å². The molecular formula is C23H32O4. The zero-order valence-corrected chi connectivity index (χ0v) is 16.7. The first-order valence-corrected chi connectivity index (χ1v) is 9.73. The lowest BCUT2D eigenvalue weighted by atomic mass is 9.99. The van der Waals surface area contributed by atoms with E-state index in [2.05, 4.69) is 6.92 Å². The molecule has 2 unspecified atom stereocenters. The second-order valence-corrected chi connectivity index (χ2v) is 6.79. The number of rotatable bonds is 12. The van der Waals surface area contributed by atoms with Crippen molar-refractivity contribution in [3.63, 3.8) is 0 Å². The van der Waals surface area contributed by atoms with E-state index in [0.29, 0.717) is 24.5 Å². The van der Waals surface area contributed by atoms with Gasteiger partial charge in [0.25, 0.3) is 0 Å². The molecule has 1 N–H and O–H groups in total. The Hall–Kier alpha value is -2.04. The summed E-state index contributed by atoms with van der Waals surface area (Å²) in [5.74, 6) is 1.30. The molecule has 4 nitrogen and oxygen atoms in total. The summed E-state index contributed by atoms with van der Waals surface area (Å²) >= 11 is 0. The Labute approximate surface area is 163 Å². The molecule has 2 atom stereocenters. The summed E-state index contributed by atoms with van der Waals surface area (Å²) in [5.41, 5.74) is 1.91. The summed E-state index contributed by atoms with van der Waals surface area (Å²) in [6, 6.07) is 15.6. The van der Waals surface area contributed by atoms with Crippen LogP contribution in [0.15, 0.2) is 48.5 Å². The summed E-state index contributed by atoms with van der Waals surface area (Å²) in [7, 11) is 3.33. The van der Waals surface area contributed by atoms with E-state index in [9.17, 15) is 5.11 Å². The molecule has 0 saturated heterocycles. The van der Waals surface area contributed by atoms with Crippen molar-refractivity contribution in [1.82, 2.24) is 0 Å². The number of benzene rings is 2. The first kappa shape index (κ1) is 21.3. The Balaban J connectivity index is 1.98. The van der Waals surface area contributed by atoms with E-state index in [0.717, 1.165) is 24.0 Å². The van der Waals surface area contributed by atoms with Gasteiger partial charge in [-0.25, -0.2) is 0 Å². The maximum absolute atomic E-state index is 10.6. The van der Waals surface area contributed by atoms with Crippen LogP contribution in [0.25, 0.3) is 0 Å². The molecule has 148 valence electrons. The van der Waals surface area contributed by atoms with Crippen molar-refractivity contribution in [3.05, 3.63) is 59.7 Å². The Bertz CT molecular complexity index is 657. The van der Waals surface area contributed by atoms with Crippen molar-refractivity contribution in [3.8, 4) is 11.5 Å². The SMILES string of the molecule is CCCCCC(CC(O)c1ccc(OCc2ccccc2)c(OC)c1)OC. The minimum Gasteiger partial charge on any atom is -0.493 e. The number of aliphatic hydroxyl groups is 1. The van der Waals surface area contributed by atoms with Gasteiger partial charge in [-0.15, -0.1) is 0 Å². The number of aliphatic hydroxyl groups excluding tert-OH is 1. The lowest BCUT2D eigenvalue weighted by molar-refractivity contribution is 0.0382. The number of hydrogen-bond donors (Lipinski definition) is 1. The zero-order valence-electron chi connectivity index (χ0n) is 16.7. The molecule has 0 aliphatic carbocycles. The Kier molecular flexibility index (Phi) is 9.16. The summed E-state index contributed by atoms with van der Waals surface area (Å²) in [6.07, 6.45) is 4.51. The monoisotopic (exact) mass is 372 g/mol. The molecule has 2 rings (SSSR count). The predicted octanol–water partition coefficient (Wildman–Crippen LogP) is 5.29. The average molecular weight is 373 g/mol. The minimum absolute atomic E-state index is 0.0616. The minimum atomic E-state index is -0.589. The molecule has 0 aromatic heterocycles. The fourth-order valence-corrected chi connectivity index (χ4v) is 3.09. The summed E-state index contributed by atoms with van der Waals surface area (Å²) in [5, 5.41) is 10.6. The van der Waals surface area contributed by atoms with Gasteiger partial charge in [0.05, 0.1) is 19.3 Å². The van der Waals surface area contributed by atoms with Gasteiger partial charge in [-0.1, -0.05) is 62.6 Å². The molecule has 27 heavy (non-hydrogen) atoms. The average Bonchev–Trinajstić information content (AvgIpc) is 2.72. The van der Waals surface area contributed by atoms with Gasteiger partial charge in [0.1, 0.15) is 6.61 Å². The number of hydrogen-bond acceptors (Lipinski definition) is 4. The molecule has 0 fully saturated rings. The number of unbranched alkanes of at least 4 members (excludes halogenated alkanes) is 2. The van der Waals surface area contributed by atoms with Crippen LogP contribution < -0.4 is 9.47 Å². The van der Waals surface area contributed by atoms with Crippen LogP contribution in [0.2, 0.25) is 0 Å². The largest absolute Gasteiger partial charge is 0.493 e. The molecule has 4 heteroatoms. The van der Waals surface area contributed by atoms with Crippen molar-refractivity contribution >= 4 is 0 Å². The molecule has 0 spiro atoms. The molecular weight excluding hydrogens is 340 g/mol. The van der Waals surface area contributed by atoms with Crippen LogP contribution in [-0.2, 0) is 11.3 Å². The van der Waals surface area contributed by atoms with Crippen LogP contribution in [-0.4, -0.2) is 25.4 Å². The molecule has 2 aromatic carbocycles. The maximum atomic E-state index is 10.6. The highest BCUT2D eigenvalue weighted by Crippen LogP contribution is 2.32. The Morgan fingerprint density at radius 3 is 2.41 bits per heavy atom. The van der Waals surface area contributed by atoms with Crippen molar-refractivity contribution in [2.24, 2.45) is 0 Å². The van der Waals surface area contributed by atoms with Crippen LogP contribution in [0, 0.1) is 0 Å². The third-order valence-corrected chi connectivity index (χ3v) is 4.76. The van der Waals surface area contributed by atoms with Crippen LogP contribution in [0.4, 0.5) is 0 Å². The van der Waals surface area contributed by atoms with Crippen molar-refractivity contribution < 1.29 is 19.3 Å². The van der Waals surface area contributed by atoms with Crippen LogP contribution in [0.5, 0.6) is 11.5 Å². The van der Waals surface area contributed by atoms with Gasteiger partial charge < -0.3 is 19.3 Å². The lowest BCUT2D eigenvalue weighted by Crippen LogP contribution is -2.15. The van der Waals surface area contributed by atoms with E-state index in [-0.39, 0.29) is 6.10 Å². The molecule has 0 bridgehead atoms. The van der Waals surface area contributed by atoms with Crippen LogP contribution in [0.1, 0.15) is 56.3 Å². The summed E-state index contributed by atoms with van der Waals surface area (Å²) in [4.78, 5) is 0. The van der Waals surface area contributed by atoms with E-state index in [4.69, 9.17) is 14.2 Å². The fourth-order valence-electron chi connectivity index (χ4n) is 3.09. The smallest absolute Gasteiger partial charge is 0.161 e. The summed E-state index contributed by atoms with van der Waals surface area (Å²) in [6.45, 7) is 2.66. The topological polar surface area (TPSA) is 47.9 Å². The van der Waals surface area contributed by atoms with Crippen LogP contribution >= 0.6 is 0 Å². The highest BCUT2D eigenvalue weighted by molar-refractivity contribution is 5.43. The Morgan fingerprint density at radius 1 is 0.963 bits per heavy atom. The summed E-state index contributed by atoms with van der Waals surface area (Å²) < 4.78 is 16.9. The van der Waals surface area contributed by atoms with Gasteiger partial charge in [-0.2, -0.15) is 0 Å². The van der Waals surface area contributed by atoms with E-state index in [1.807, 2.05) is 48.5 Å².